The molecule has 3 aromatic rings. The van der Waals surface area contributed by atoms with Gasteiger partial charge in [0.05, 0.1) is 12.8 Å². The molecular weight excluding hydrogens is 350 g/mol. The standard InChI is InChI=1S/C20H18ClN3O2/c1-13-3-6-16(7-4-13)23-19-11-14(9-10-22-19)20(25)24-17-12-15(21)5-8-18(17)26-2/h3-12H,1-2H3,(H,22,23)(H,24,25). The van der Waals surface area contributed by atoms with Crippen LogP contribution in [0.5, 0.6) is 5.75 Å². The van der Waals surface area contributed by atoms with Gasteiger partial charge in [0, 0.05) is 22.5 Å². The molecule has 0 saturated heterocycles. The van der Waals surface area contributed by atoms with Crippen LogP contribution in [-0.4, -0.2) is 18.0 Å². The summed E-state index contributed by atoms with van der Waals surface area (Å²) >= 11 is 6.00. The van der Waals surface area contributed by atoms with Crippen molar-refractivity contribution < 1.29 is 9.53 Å². The molecule has 0 aliphatic heterocycles. The average molecular weight is 368 g/mol. The minimum atomic E-state index is -0.278. The Balaban J connectivity index is 1.78. The third-order valence-electron chi connectivity index (χ3n) is 3.76. The molecule has 0 atom stereocenters. The molecule has 0 unspecified atom stereocenters. The highest BCUT2D eigenvalue weighted by atomic mass is 35.5. The van der Waals surface area contributed by atoms with Crippen LogP contribution >= 0.6 is 11.6 Å². The number of anilines is 3. The van der Waals surface area contributed by atoms with Crippen molar-refractivity contribution in [3.63, 3.8) is 0 Å². The molecule has 26 heavy (non-hydrogen) atoms. The fraction of sp³-hybridized carbons (Fsp3) is 0.100. The zero-order valence-electron chi connectivity index (χ0n) is 14.4. The highest BCUT2D eigenvalue weighted by molar-refractivity contribution is 6.31. The van der Waals surface area contributed by atoms with Crippen molar-refractivity contribution in [2.75, 3.05) is 17.7 Å². The van der Waals surface area contributed by atoms with E-state index in [-0.39, 0.29) is 5.91 Å². The molecule has 2 N–H and O–H groups in total. The van der Waals surface area contributed by atoms with Gasteiger partial charge in [-0.3, -0.25) is 4.79 Å². The summed E-state index contributed by atoms with van der Waals surface area (Å²) in [4.78, 5) is 16.8. The van der Waals surface area contributed by atoms with Gasteiger partial charge in [-0.05, 0) is 49.4 Å². The molecule has 0 saturated carbocycles. The van der Waals surface area contributed by atoms with Crippen LogP contribution in [0.4, 0.5) is 17.2 Å². The van der Waals surface area contributed by atoms with E-state index in [1.807, 2.05) is 31.2 Å². The minimum Gasteiger partial charge on any atom is -0.495 e. The molecule has 0 aliphatic carbocycles. The third-order valence-corrected chi connectivity index (χ3v) is 3.99. The van der Waals surface area contributed by atoms with E-state index in [1.54, 1.807) is 36.5 Å². The molecule has 0 spiro atoms. The number of halogens is 1. The quantitative estimate of drug-likeness (QED) is 0.662. The lowest BCUT2D eigenvalue weighted by molar-refractivity contribution is 0.102. The second kappa shape index (κ2) is 7.89. The largest absolute Gasteiger partial charge is 0.495 e. The molecule has 3 rings (SSSR count). The lowest BCUT2D eigenvalue weighted by atomic mass is 10.2. The predicted octanol–water partition coefficient (Wildman–Crippen LogP) is 5.05. The smallest absolute Gasteiger partial charge is 0.255 e. The Morgan fingerprint density at radius 3 is 2.58 bits per heavy atom. The number of nitrogens with one attached hydrogen (secondary N) is 2. The zero-order chi connectivity index (χ0) is 18.5. The first-order chi connectivity index (χ1) is 12.5. The summed E-state index contributed by atoms with van der Waals surface area (Å²) in [6.07, 6.45) is 1.58. The molecule has 0 aliphatic rings. The number of hydrogen-bond donors (Lipinski definition) is 2. The monoisotopic (exact) mass is 367 g/mol. The van der Waals surface area contributed by atoms with Gasteiger partial charge >= 0.3 is 0 Å². The van der Waals surface area contributed by atoms with Gasteiger partial charge in [0.1, 0.15) is 11.6 Å². The van der Waals surface area contributed by atoms with Crippen molar-refractivity contribution in [3.05, 3.63) is 76.9 Å². The summed E-state index contributed by atoms with van der Waals surface area (Å²) in [5, 5.41) is 6.51. The Kier molecular flexibility index (Phi) is 5.39. The number of amides is 1. The molecule has 1 aromatic heterocycles. The Hall–Kier alpha value is -3.05. The molecule has 0 radical (unpaired) electrons. The molecule has 0 bridgehead atoms. The van der Waals surface area contributed by atoms with E-state index in [0.29, 0.717) is 27.8 Å². The number of pyridine rings is 1. The first-order valence-electron chi connectivity index (χ1n) is 8.00. The summed E-state index contributed by atoms with van der Waals surface area (Å²) in [7, 11) is 1.54. The second-order valence-electron chi connectivity index (χ2n) is 5.72. The second-order valence-corrected chi connectivity index (χ2v) is 6.16. The first kappa shape index (κ1) is 17.8. The number of nitrogens with zero attached hydrogens (tertiary/aromatic N) is 1. The van der Waals surface area contributed by atoms with Gasteiger partial charge in [-0.25, -0.2) is 4.98 Å². The van der Waals surface area contributed by atoms with Gasteiger partial charge < -0.3 is 15.4 Å². The normalized spacial score (nSPS) is 10.3. The average Bonchev–Trinajstić information content (AvgIpc) is 2.64. The minimum absolute atomic E-state index is 0.278. The topological polar surface area (TPSA) is 63.2 Å². The van der Waals surface area contributed by atoms with Crippen molar-refractivity contribution in [3.8, 4) is 5.75 Å². The molecule has 6 heteroatoms. The van der Waals surface area contributed by atoms with Crippen molar-refractivity contribution in [2.45, 2.75) is 6.92 Å². The molecule has 5 nitrogen and oxygen atoms in total. The molecule has 1 amide bonds. The van der Waals surface area contributed by atoms with Crippen LogP contribution in [0.15, 0.2) is 60.8 Å². The summed E-state index contributed by atoms with van der Waals surface area (Å²) in [6, 6.07) is 16.3. The van der Waals surface area contributed by atoms with E-state index < -0.39 is 0 Å². The van der Waals surface area contributed by atoms with Crippen molar-refractivity contribution in [2.24, 2.45) is 0 Å². The number of benzene rings is 2. The molecule has 132 valence electrons. The van der Waals surface area contributed by atoms with Gasteiger partial charge in [0.25, 0.3) is 5.91 Å². The van der Waals surface area contributed by atoms with E-state index in [0.717, 1.165) is 5.69 Å². The number of rotatable bonds is 5. The van der Waals surface area contributed by atoms with E-state index >= 15 is 0 Å². The van der Waals surface area contributed by atoms with Gasteiger partial charge in [-0.1, -0.05) is 29.3 Å². The van der Waals surface area contributed by atoms with Crippen molar-refractivity contribution >= 4 is 34.7 Å². The van der Waals surface area contributed by atoms with Crippen LogP contribution in [0.2, 0.25) is 5.02 Å². The fourth-order valence-electron chi connectivity index (χ4n) is 2.40. The maximum Gasteiger partial charge on any atom is 0.255 e. The van der Waals surface area contributed by atoms with Crippen molar-refractivity contribution in [1.82, 2.24) is 4.98 Å². The summed E-state index contributed by atoms with van der Waals surface area (Å²) in [5.74, 6) is 0.842. The Labute approximate surface area is 157 Å². The number of carbonyl (C=O) groups excluding carboxylic acids is 1. The number of carbonyl (C=O) groups is 1. The Morgan fingerprint density at radius 2 is 1.85 bits per heavy atom. The number of aryl methyl sites for hydroxylation is 1. The maximum atomic E-state index is 12.6. The SMILES string of the molecule is COc1ccc(Cl)cc1NC(=O)c1ccnc(Nc2ccc(C)cc2)c1. The lowest BCUT2D eigenvalue weighted by Gasteiger charge is -2.11. The highest BCUT2D eigenvalue weighted by Crippen LogP contribution is 2.28. The summed E-state index contributed by atoms with van der Waals surface area (Å²) in [5.41, 5.74) is 3.05. The van der Waals surface area contributed by atoms with Gasteiger partial charge in [-0.2, -0.15) is 0 Å². The maximum absolute atomic E-state index is 12.6. The van der Waals surface area contributed by atoms with E-state index in [1.165, 1.54) is 12.7 Å². The van der Waals surface area contributed by atoms with Gasteiger partial charge in [0.2, 0.25) is 0 Å². The number of hydrogen-bond acceptors (Lipinski definition) is 4. The van der Waals surface area contributed by atoms with Crippen molar-refractivity contribution in [1.29, 1.82) is 0 Å². The first-order valence-corrected chi connectivity index (χ1v) is 8.37. The van der Waals surface area contributed by atoms with Crippen LogP contribution in [0.25, 0.3) is 0 Å². The van der Waals surface area contributed by atoms with E-state index in [2.05, 4.69) is 15.6 Å². The van der Waals surface area contributed by atoms with E-state index in [9.17, 15) is 4.79 Å². The van der Waals surface area contributed by atoms with Gasteiger partial charge in [0.15, 0.2) is 0 Å². The number of aromatic nitrogens is 1. The molecular formula is C20H18ClN3O2. The molecule has 0 fully saturated rings. The van der Waals surface area contributed by atoms with Gasteiger partial charge in [-0.15, -0.1) is 0 Å². The third kappa shape index (κ3) is 4.32. The molecule has 2 aromatic carbocycles. The summed E-state index contributed by atoms with van der Waals surface area (Å²) in [6.45, 7) is 2.02. The van der Waals surface area contributed by atoms with Crippen LogP contribution in [0, 0.1) is 6.92 Å². The van der Waals surface area contributed by atoms with Crippen LogP contribution in [-0.2, 0) is 0 Å². The highest BCUT2D eigenvalue weighted by Gasteiger charge is 2.11. The van der Waals surface area contributed by atoms with E-state index in [4.69, 9.17) is 16.3 Å². The predicted molar refractivity (Wildman–Crippen MR) is 105 cm³/mol. The summed E-state index contributed by atoms with van der Waals surface area (Å²) < 4.78 is 5.25. The fourth-order valence-corrected chi connectivity index (χ4v) is 2.57. The number of ether oxygens (including phenoxy) is 1. The Bertz CT molecular complexity index is 927. The van der Waals surface area contributed by atoms with Crippen LogP contribution < -0.4 is 15.4 Å². The lowest BCUT2D eigenvalue weighted by Crippen LogP contribution is -2.13. The number of methoxy groups -OCH3 is 1. The van der Waals surface area contributed by atoms with Crippen LogP contribution in [0.3, 0.4) is 0 Å². The zero-order valence-corrected chi connectivity index (χ0v) is 15.2. The Morgan fingerprint density at radius 1 is 1.08 bits per heavy atom. The van der Waals surface area contributed by atoms with Crippen LogP contribution in [0.1, 0.15) is 15.9 Å². The molecule has 1 heterocycles.